The highest BCUT2D eigenvalue weighted by atomic mass is 16.5. The van der Waals surface area contributed by atoms with Crippen LogP contribution < -0.4 is 14.8 Å². The van der Waals surface area contributed by atoms with E-state index in [1.807, 2.05) is 0 Å². The highest BCUT2D eigenvalue weighted by Gasteiger charge is 2.20. The first-order valence-corrected chi connectivity index (χ1v) is 7.27. The number of ether oxygens (including phenoxy) is 3. The molecule has 0 saturated heterocycles. The van der Waals surface area contributed by atoms with Gasteiger partial charge in [-0.1, -0.05) is 6.07 Å². The number of nitrogens with one attached hydrogen (secondary N) is 1. The Morgan fingerprint density at radius 3 is 2.65 bits per heavy atom. The minimum Gasteiger partial charge on any atom is -0.493 e. The summed E-state index contributed by atoms with van der Waals surface area (Å²) < 4.78 is 16.3. The summed E-state index contributed by atoms with van der Waals surface area (Å²) in [6, 6.07) is 4.95. The molecule has 0 bridgehead atoms. The summed E-state index contributed by atoms with van der Waals surface area (Å²) in [7, 11) is 3.39. The van der Waals surface area contributed by atoms with Crippen molar-refractivity contribution < 1.29 is 14.2 Å². The fourth-order valence-corrected chi connectivity index (χ4v) is 2.22. The lowest BCUT2D eigenvalue weighted by atomic mass is 10.1. The molecule has 4 nitrogen and oxygen atoms in total. The zero-order chi connectivity index (χ0) is 14.4. The predicted molar refractivity (Wildman–Crippen MR) is 79.6 cm³/mol. The average Bonchev–Trinajstić information content (AvgIpc) is 3.25. The lowest BCUT2D eigenvalue weighted by Gasteiger charge is -2.15. The molecule has 20 heavy (non-hydrogen) atoms. The molecule has 0 heterocycles. The van der Waals surface area contributed by atoms with Gasteiger partial charge in [0.05, 0.1) is 13.7 Å². The number of benzene rings is 1. The van der Waals surface area contributed by atoms with Crippen molar-refractivity contribution in [2.75, 3.05) is 27.4 Å². The predicted octanol–water partition coefficient (Wildman–Crippen LogP) is 2.67. The van der Waals surface area contributed by atoms with Gasteiger partial charge in [0.25, 0.3) is 0 Å². The van der Waals surface area contributed by atoms with Crippen molar-refractivity contribution in [3.05, 3.63) is 23.3 Å². The Morgan fingerprint density at radius 2 is 2.00 bits per heavy atom. The van der Waals surface area contributed by atoms with Gasteiger partial charge in [-0.2, -0.15) is 0 Å². The lowest BCUT2D eigenvalue weighted by Crippen LogP contribution is -2.15. The number of hydrogen-bond donors (Lipinski definition) is 1. The maximum atomic E-state index is 5.84. The molecule has 1 aromatic carbocycles. The minimum absolute atomic E-state index is 0.642. The van der Waals surface area contributed by atoms with E-state index < -0.39 is 0 Å². The minimum atomic E-state index is 0.642. The maximum absolute atomic E-state index is 5.84. The van der Waals surface area contributed by atoms with E-state index in [1.54, 1.807) is 14.2 Å². The van der Waals surface area contributed by atoms with Crippen molar-refractivity contribution in [3.8, 4) is 11.5 Å². The van der Waals surface area contributed by atoms with Crippen molar-refractivity contribution in [2.45, 2.75) is 38.8 Å². The van der Waals surface area contributed by atoms with Crippen LogP contribution in [0.1, 0.15) is 30.4 Å². The van der Waals surface area contributed by atoms with Crippen LogP contribution in [-0.2, 0) is 11.3 Å². The Labute approximate surface area is 121 Å². The number of methoxy groups -OCH3 is 2. The van der Waals surface area contributed by atoms with Gasteiger partial charge in [-0.05, 0) is 37.0 Å². The van der Waals surface area contributed by atoms with E-state index in [1.165, 1.54) is 18.4 Å². The normalized spacial score (nSPS) is 14.3. The van der Waals surface area contributed by atoms with Crippen LogP contribution in [0, 0.1) is 6.92 Å². The molecule has 4 heteroatoms. The highest BCUT2D eigenvalue weighted by molar-refractivity contribution is 5.49. The molecule has 0 aliphatic heterocycles. The van der Waals surface area contributed by atoms with E-state index in [0.717, 1.165) is 30.0 Å². The second kappa shape index (κ2) is 7.50. The molecule has 0 atom stereocenters. The summed E-state index contributed by atoms with van der Waals surface area (Å²) in [5, 5.41) is 3.52. The van der Waals surface area contributed by atoms with E-state index in [4.69, 9.17) is 14.2 Å². The fraction of sp³-hybridized carbons (Fsp3) is 0.625. The van der Waals surface area contributed by atoms with Gasteiger partial charge in [-0.25, -0.2) is 0 Å². The molecule has 1 N–H and O–H groups in total. The van der Waals surface area contributed by atoms with Gasteiger partial charge in [0, 0.05) is 32.7 Å². The molecule has 112 valence electrons. The molecule has 1 aliphatic carbocycles. The molecule has 0 aromatic heterocycles. The monoisotopic (exact) mass is 279 g/mol. The Kier molecular flexibility index (Phi) is 5.68. The fourth-order valence-electron chi connectivity index (χ4n) is 2.22. The largest absolute Gasteiger partial charge is 0.493 e. The number of hydrogen-bond acceptors (Lipinski definition) is 4. The zero-order valence-electron chi connectivity index (χ0n) is 12.7. The Bertz CT molecular complexity index is 430. The van der Waals surface area contributed by atoms with Gasteiger partial charge in [0.2, 0.25) is 0 Å². The first-order chi connectivity index (χ1) is 9.74. The molecule has 1 saturated carbocycles. The first kappa shape index (κ1) is 15.1. The summed E-state index contributed by atoms with van der Waals surface area (Å²) in [6.07, 6.45) is 3.48. The zero-order valence-corrected chi connectivity index (χ0v) is 12.7. The summed E-state index contributed by atoms with van der Waals surface area (Å²) in [5.41, 5.74) is 2.36. The third-order valence-electron chi connectivity index (χ3n) is 3.43. The van der Waals surface area contributed by atoms with E-state index >= 15 is 0 Å². The Balaban J connectivity index is 2.00. The SMILES string of the molecule is COCCCOc1cc(CNC2CC2)cc(C)c1OC. The van der Waals surface area contributed by atoms with Gasteiger partial charge < -0.3 is 19.5 Å². The lowest BCUT2D eigenvalue weighted by molar-refractivity contribution is 0.170. The van der Waals surface area contributed by atoms with Gasteiger partial charge in [-0.3, -0.25) is 0 Å². The topological polar surface area (TPSA) is 39.7 Å². The molecule has 2 rings (SSSR count). The molecule has 0 unspecified atom stereocenters. The van der Waals surface area contributed by atoms with Crippen molar-refractivity contribution in [1.82, 2.24) is 5.32 Å². The van der Waals surface area contributed by atoms with Crippen molar-refractivity contribution in [3.63, 3.8) is 0 Å². The highest BCUT2D eigenvalue weighted by Crippen LogP contribution is 2.32. The maximum Gasteiger partial charge on any atom is 0.163 e. The van der Waals surface area contributed by atoms with E-state index in [0.29, 0.717) is 19.3 Å². The molecular weight excluding hydrogens is 254 g/mol. The van der Waals surface area contributed by atoms with Gasteiger partial charge in [-0.15, -0.1) is 0 Å². The standard InChI is InChI=1S/C16H25NO3/c1-12-9-13(11-17-14-5-6-14)10-15(16(12)19-3)20-8-4-7-18-2/h9-10,14,17H,4-8,11H2,1-3H3. The van der Waals surface area contributed by atoms with E-state index in [9.17, 15) is 0 Å². The van der Waals surface area contributed by atoms with E-state index in [-0.39, 0.29) is 0 Å². The van der Waals surface area contributed by atoms with Crippen LogP contribution in [-0.4, -0.2) is 33.5 Å². The van der Waals surface area contributed by atoms with Crippen molar-refractivity contribution in [1.29, 1.82) is 0 Å². The number of aryl methyl sites for hydroxylation is 1. The van der Waals surface area contributed by atoms with Crippen LogP contribution in [0.2, 0.25) is 0 Å². The van der Waals surface area contributed by atoms with Crippen LogP contribution in [0.15, 0.2) is 12.1 Å². The van der Waals surface area contributed by atoms with Crippen molar-refractivity contribution in [2.24, 2.45) is 0 Å². The molecule has 0 amide bonds. The Morgan fingerprint density at radius 1 is 1.20 bits per heavy atom. The third kappa shape index (κ3) is 4.39. The van der Waals surface area contributed by atoms with Crippen LogP contribution in [0.4, 0.5) is 0 Å². The molecule has 0 radical (unpaired) electrons. The molecule has 1 aromatic rings. The van der Waals surface area contributed by atoms with Gasteiger partial charge >= 0.3 is 0 Å². The smallest absolute Gasteiger partial charge is 0.163 e. The van der Waals surface area contributed by atoms with Crippen LogP contribution in [0.25, 0.3) is 0 Å². The first-order valence-electron chi connectivity index (χ1n) is 7.27. The number of rotatable bonds is 9. The second-order valence-corrected chi connectivity index (χ2v) is 5.29. The van der Waals surface area contributed by atoms with E-state index in [2.05, 4.69) is 24.4 Å². The molecule has 0 spiro atoms. The summed E-state index contributed by atoms with van der Waals surface area (Å²) in [4.78, 5) is 0. The second-order valence-electron chi connectivity index (χ2n) is 5.29. The third-order valence-corrected chi connectivity index (χ3v) is 3.43. The molecule has 1 aliphatic rings. The summed E-state index contributed by atoms with van der Waals surface area (Å²) in [6.45, 7) is 4.30. The van der Waals surface area contributed by atoms with Gasteiger partial charge in [0.1, 0.15) is 0 Å². The van der Waals surface area contributed by atoms with Crippen LogP contribution in [0.5, 0.6) is 11.5 Å². The molecular formula is C16H25NO3. The Hall–Kier alpha value is -1.26. The molecule has 1 fully saturated rings. The average molecular weight is 279 g/mol. The summed E-state index contributed by atoms with van der Waals surface area (Å²) >= 11 is 0. The summed E-state index contributed by atoms with van der Waals surface area (Å²) in [5.74, 6) is 1.66. The van der Waals surface area contributed by atoms with Crippen LogP contribution >= 0.6 is 0 Å². The van der Waals surface area contributed by atoms with Crippen molar-refractivity contribution >= 4 is 0 Å². The van der Waals surface area contributed by atoms with Gasteiger partial charge in [0.15, 0.2) is 11.5 Å². The van der Waals surface area contributed by atoms with Crippen LogP contribution in [0.3, 0.4) is 0 Å². The quantitative estimate of drug-likeness (QED) is 0.706.